The number of hydrogen-bond acceptors (Lipinski definition) is 2. The minimum absolute atomic E-state index is 0.273. The maximum absolute atomic E-state index is 11.9. The molecule has 0 fully saturated rings. The molecular weight excluding hydrogens is 237 g/mol. The molecule has 8 heteroatoms. The highest BCUT2D eigenvalue weighted by Gasteiger charge is 2.33. The van der Waals surface area contributed by atoms with Crippen LogP contribution in [0, 0.1) is 5.41 Å². The lowest BCUT2D eigenvalue weighted by molar-refractivity contribution is -0.122. The third-order valence-electron chi connectivity index (χ3n) is 2.52. The molecule has 0 atom stereocenters. The number of nitrogens with one attached hydrogen (secondary N) is 3. The van der Waals surface area contributed by atoms with Gasteiger partial charge in [0.05, 0.1) is 5.54 Å². The second-order valence-corrected chi connectivity index (χ2v) is 3.63. The highest BCUT2D eigenvalue weighted by atomic mass is 19.4. The Morgan fingerprint density at radius 2 is 1.76 bits per heavy atom. The Morgan fingerprint density at radius 3 is 2.06 bits per heavy atom. The van der Waals surface area contributed by atoms with Gasteiger partial charge in [0.2, 0.25) is 0 Å². The summed E-state index contributed by atoms with van der Waals surface area (Å²) in [5.74, 6) is -0.273. The average Bonchev–Trinajstić information content (AvgIpc) is 2.22. The number of hydrogen-bond donors (Lipinski definition) is 4. The number of carbonyl (C=O) groups excluding carboxylic acids is 1. The Kier molecular flexibility index (Phi) is 5.24. The summed E-state index contributed by atoms with van der Waals surface area (Å²) in [5.41, 5.74) is 4.25. The fraction of sp³-hybridized carbons (Fsp3) is 0.778. The van der Waals surface area contributed by atoms with E-state index >= 15 is 0 Å². The second-order valence-electron chi connectivity index (χ2n) is 3.63. The van der Waals surface area contributed by atoms with Crippen molar-refractivity contribution in [2.45, 2.75) is 38.4 Å². The van der Waals surface area contributed by atoms with E-state index in [4.69, 9.17) is 11.1 Å². The Hall–Kier alpha value is -1.47. The molecule has 17 heavy (non-hydrogen) atoms. The van der Waals surface area contributed by atoms with Crippen LogP contribution < -0.4 is 16.4 Å². The summed E-state index contributed by atoms with van der Waals surface area (Å²) in [7, 11) is 0. The molecule has 5 N–H and O–H groups in total. The first-order valence-electron chi connectivity index (χ1n) is 5.14. The first-order valence-corrected chi connectivity index (χ1v) is 5.14. The highest BCUT2D eigenvalue weighted by molar-refractivity contribution is 5.91. The van der Waals surface area contributed by atoms with Crippen LogP contribution >= 0.6 is 0 Å². The Bertz CT molecular complexity index is 286. The van der Waals surface area contributed by atoms with E-state index in [0.717, 1.165) is 0 Å². The molecule has 0 bridgehead atoms. The number of amidine groups is 1. The summed E-state index contributed by atoms with van der Waals surface area (Å²) >= 11 is 0. The van der Waals surface area contributed by atoms with Crippen LogP contribution in [0.3, 0.4) is 0 Å². The molecule has 5 nitrogen and oxygen atoms in total. The number of rotatable bonds is 5. The molecule has 0 aromatic heterocycles. The highest BCUT2D eigenvalue weighted by Crippen LogP contribution is 2.15. The van der Waals surface area contributed by atoms with Crippen molar-refractivity contribution in [3.63, 3.8) is 0 Å². The molecule has 0 spiro atoms. The number of amides is 2. The zero-order valence-electron chi connectivity index (χ0n) is 9.74. The Labute approximate surface area is 97.4 Å². The predicted molar refractivity (Wildman–Crippen MR) is 57.8 cm³/mol. The van der Waals surface area contributed by atoms with Crippen molar-refractivity contribution in [1.82, 2.24) is 10.6 Å². The number of alkyl halides is 3. The van der Waals surface area contributed by atoms with Crippen LogP contribution in [0.25, 0.3) is 0 Å². The van der Waals surface area contributed by atoms with Gasteiger partial charge in [-0.2, -0.15) is 13.2 Å². The van der Waals surface area contributed by atoms with Gasteiger partial charge in [-0.3, -0.25) is 5.41 Å². The topological polar surface area (TPSA) is 91.0 Å². The van der Waals surface area contributed by atoms with E-state index in [0.29, 0.717) is 12.8 Å². The third kappa shape index (κ3) is 4.92. The van der Waals surface area contributed by atoms with Crippen molar-refractivity contribution in [1.29, 1.82) is 5.41 Å². The molecule has 2 amide bonds. The van der Waals surface area contributed by atoms with Crippen LogP contribution in [-0.4, -0.2) is 30.1 Å². The van der Waals surface area contributed by atoms with Gasteiger partial charge in [-0.05, 0) is 12.8 Å². The lowest BCUT2D eigenvalue weighted by atomic mass is 9.92. The summed E-state index contributed by atoms with van der Waals surface area (Å²) in [6.45, 7) is 1.96. The van der Waals surface area contributed by atoms with E-state index in [1.54, 1.807) is 19.2 Å². The van der Waals surface area contributed by atoms with Crippen LogP contribution in [0.15, 0.2) is 0 Å². The van der Waals surface area contributed by atoms with Gasteiger partial charge in [0, 0.05) is 0 Å². The van der Waals surface area contributed by atoms with Crippen molar-refractivity contribution in [3.8, 4) is 0 Å². The second kappa shape index (κ2) is 5.74. The molecule has 0 aromatic carbocycles. The average molecular weight is 254 g/mol. The van der Waals surface area contributed by atoms with Crippen LogP contribution in [-0.2, 0) is 0 Å². The van der Waals surface area contributed by atoms with Crippen LogP contribution in [0.4, 0.5) is 18.0 Å². The molecule has 0 aromatic rings. The van der Waals surface area contributed by atoms with Gasteiger partial charge < -0.3 is 16.4 Å². The monoisotopic (exact) mass is 254 g/mol. The van der Waals surface area contributed by atoms with Crippen molar-refractivity contribution in [2.24, 2.45) is 5.73 Å². The zero-order valence-corrected chi connectivity index (χ0v) is 9.74. The molecule has 100 valence electrons. The van der Waals surface area contributed by atoms with Gasteiger partial charge in [0.1, 0.15) is 12.4 Å². The van der Waals surface area contributed by atoms with E-state index in [-0.39, 0.29) is 5.84 Å². The number of urea groups is 1. The van der Waals surface area contributed by atoms with Gasteiger partial charge in [-0.1, -0.05) is 13.8 Å². The molecule has 0 radical (unpaired) electrons. The van der Waals surface area contributed by atoms with E-state index in [2.05, 4.69) is 5.32 Å². The first-order chi connectivity index (χ1) is 7.67. The van der Waals surface area contributed by atoms with E-state index in [1.807, 2.05) is 0 Å². The van der Waals surface area contributed by atoms with E-state index in [1.165, 1.54) is 0 Å². The fourth-order valence-corrected chi connectivity index (χ4v) is 1.32. The zero-order chi connectivity index (χ0) is 13.7. The fourth-order valence-electron chi connectivity index (χ4n) is 1.32. The van der Waals surface area contributed by atoms with Crippen molar-refractivity contribution < 1.29 is 18.0 Å². The van der Waals surface area contributed by atoms with Gasteiger partial charge in [-0.25, -0.2) is 4.79 Å². The molecule has 0 saturated carbocycles. The van der Waals surface area contributed by atoms with Gasteiger partial charge in [0.25, 0.3) is 0 Å². The summed E-state index contributed by atoms with van der Waals surface area (Å²) < 4.78 is 35.6. The van der Waals surface area contributed by atoms with E-state index < -0.39 is 24.3 Å². The number of carbonyl (C=O) groups is 1. The molecule has 0 aliphatic heterocycles. The Morgan fingerprint density at radius 1 is 1.29 bits per heavy atom. The maximum atomic E-state index is 11.9. The first kappa shape index (κ1) is 15.5. The number of nitrogens with two attached hydrogens (primary N) is 1. The standard InChI is InChI=1S/C9H17F3N4O/c1-3-8(4-2,6(13)14)16-7(17)15-5-9(10,11)12/h3-5H2,1-2H3,(H3,13,14)(H2,15,16,17). The van der Waals surface area contributed by atoms with E-state index in [9.17, 15) is 18.0 Å². The Balaban J connectivity index is 4.48. The minimum Gasteiger partial charge on any atom is -0.386 e. The lowest BCUT2D eigenvalue weighted by Crippen LogP contribution is -2.59. The summed E-state index contributed by atoms with van der Waals surface area (Å²) in [6, 6.07) is -0.985. The van der Waals surface area contributed by atoms with Crippen molar-refractivity contribution >= 4 is 11.9 Å². The maximum Gasteiger partial charge on any atom is 0.405 e. The van der Waals surface area contributed by atoms with Gasteiger partial charge in [0.15, 0.2) is 0 Å². The molecule has 0 aliphatic carbocycles. The normalized spacial score (nSPS) is 12.1. The minimum atomic E-state index is -4.46. The molecule has 0 saturated heterocycles. The van der Waals surface area contributed by atoms with Crippen molar-refractivity contribution in [3.05, 3.63) is 0 Å². The predicted octanol–water partition coefficient (Wildman–Crippen LogP) is 1.34. The quantitative estimate of drug-likeness (QED) is 0.440. The van der Waals surface area contributed by atoms with Gasteiger partial charge >= 0.3 is 12.2 Å². The summed E-state index contributed by atoms with van der Waals surface area (Å²) in [4.78, 5) is 11.3. The van der Waals surface area contributed by atoms with Crippen LogP contribution in [0.2, 0.25) is 0 Å². The molecule has 0 aliphatic rings. The summed E-state index contributed by atoms with van der Waals surface area (Å²) in [5, 5.41) is 11.3. The molecular formula is C9H17F3N4O. The summed E-state index contributed by atoms with van der Waals surface area (Å²) in [6.07, 6.45) is -3.80. The lowest BCUT2D eigenvalue weighted by Gasteiger charge is -2.31. The largest absolute Gasteiger partial charge is 0.405 e. The van der Waals surface area contributed by atoms with Crippen LogP contribution in [0.1, 0.15) is 26.7 Å². The molecule has 0 heterocycles. The van der Waals surface area contributed by atoms with Gasteiger partial charge in [-0.15, -0.1) is 0 Å². The molecule has 0 unspecified atom stereocenters. The van der Waals surface area contributed by atoms with Crippen LogP contribution in [0.5, 0.6) is 0 Å². The third-order valence-corrected chi connectivity index (χ3v) is 2.52. The number of halogens is 3. The molecule has 0 rings (SSSR count). The SMILES string of the molecule is CCC(CC)(NC(=O)NCC(F)(F)F)C(=N)N. The van der Waals surface area contributed by atoms with Crippen molar-refractivity contribution in [2.75, 3.05) is 6.54 Å². The smallest absolute Gasteiger partial charge is 0.386 e.